The van der Waals surface area contributed by atoms with Crippen LogP contribution in [0.3, 0.4) is 0 Å². The van der Waals surface area contributed by atoms with E-state index in [1.807, 2.05) is 6.92 Å². The number of carbonyl (C=O) groups is 1. The van der Waals surface area contributed by atoms with Crippen molar-refractivity contribution in [1.29, 1.82) is 0 Å². The van der Waals surface area contributed by atoms with Crippen molar-refractivity contribution in [2.24, 2.45) is 0 Å². The largest absolute Gasteiger partial charge is 0.294 e. The number of hydrogen-bond donors (Lipinski definition) is 0. The normalized spacial score (nSPS) is 17.1. The molecule has 0 saturated heterocycles. The molecule has 1 fully saturated rings. The molecule has 21 heavy (non-hydrogen) atoms. The summed E-state index contributed by atoms with van der Waals surface area (Å²) in [5.41, 5.74) is 6.83. The number of carbonyl (C=O) groups excluding carboxylic acids is 1. The maximum atomic E-state index is 11.9. The fourth-order valence-corrected chi connectivity index (χ4v) is 3.76. The summed E-state index contributed by atoms with van der Waals surface area (Å²) >= 11 is 6.44. The maximum absolute atomic E-state index is 11.9. The number of hydrogen-bond acceptors (Lipinski definition) is 1. The molecule has 0 radical (unpaired) electrons. The van der Waals surface area contributed by atoms with E-state index >= 15 is 0 Å². The predicted molar refractivity (Wildman–Crippen MR) is 86.3 cm³/mol. The lowest BCUT2D eigenvalue weighted by Crippen LogP contribution is -1.96. The summed E-state index contributed by atoms with van der Waals surface area (Å²) in [4.78, 5) is 11.9. The second-order valence-corrected chi connectivity index (χ2v) is 6.67. The van der Waals surface area contributed by atoms with E-state index in [1.165, 1.54) is 29.5 Å². The number of Topliss-reactive ketones (excluding diaryl/α,β-unsaturated/α-hetero) is 1. The van der Waals surface area contributed by atoms with Crippen molar-refractivity contribution in [3.05, 3.63) is 57.6 Å². The van der Waals surface area contributed by atoms with Gasteiger partial charge in [-0.1, -0.05) is 35.9 Å². The molecule has 2 aliphatic rings. The lowest BCUT2D eigenvalue weighted by atomic mass is 9.95. The standard InChI is InChI=1S/C19H17ClO/c1-11-8-15(9-14-5-7-18(21)19(11)14)13-4-6-16(12-2-3-12)17(20)10-13/h4,6,8-10,12H,2-3,5,7H2,1H3. The van der Waals surface area contributed by atoms with Gasteiger partial charge in [0.1, 0.15) is 0 Å². The third-order valence-electron chi connectivity index (χ3n) is 4.67. The molecule has 0 N–H and O–H groups in total. The van der Waals surface area contributed by atoms with Crippen LogP contribution in [0.4, 0.5) is 0 Å². The van der Waals surface area contributed by atoms with Crippen molar-refractivity contribution in [1.82, 2.24) is 0 Å². The molecule has 0 unspecified atom stereocenters. The summed E-state index contributed by atoms with van der Waals surface area (Å²) in [6, 6.07) is 10.7. The van der Waals surface area contributed by atoms with Gasteiger partial charge in [0, 0.05) is 17.0 Å². The summed E-state index contributed by atoms with van der Waals surface area (Å²) in [6.45, 7) is 2.03. The Morgan fingerprint density at radius 1 is 1.05 bits per heavy atom. The molecule has 0 aliphatic heterocycles. The monoisotopic (exact) mass is 296 g/mol. The number of rotatable bonds is 2. The third-order valence-corrected chi connectivity index (χ3v) is 5.00. The van der Waals surface area contributed by atoms with Gasteiger partial charge in [0.05, 0.1) is 0 Å². The van der Waals surface area contributed by atoms with Crippen LogP contribution >= 0.6 is 11.6 Å². The first-order chi connectivity index (χ1) is 10.1. The molecule has 0 bridgehead atoms. The Balaban J connectivity index is 1.78. The molecule has 2 aliphatic carbocycles. The Hall–Kier alpha value is -1.60. The van der Waals surface area contributed by atoms with Gasteiger partial charge >= 0.3 is 0 Å². The first kappa shape index (κ1) is 13.1. The van der Waals surface area contributed by atoms with Crippen LogP contribution in [0.25, 0.3) is 11.1 Å². The van der Waals surface area contributed by atoms with Gasteiger partial charge in [-0.05, 0) is 66.0 Å². The highest BCUT2D eigenvalue weighted by molar-refractivity contribution is 6.31. The minimum Gasteiger partial charge on any atom is -0.294 e. The Kier molecular flexibility index (Phi) is 2.93. The second kappa shape index (κ2) is 4.71. The highest BCUT2D eigenvalue weighted by atomic mass is 35.5. The molecule has 4 rings (SSSR count). The summed E-state index contributed by atoms with van der Waals surface area (Å²) < 4.78 is 0. The van der Waals surface area contributed by atoms with Gasteiger partial charge in [0.15, 0.2) is 5.78 Å². The Bertz CT molecular complexity index is 756. The van der Waals surface area contributed by atoms with Crippen molar-refractivity contribution < 1.29 is 4.79 Å². The molecule has 2 aromatic rings. The molecule has 106 valence electrons. The first-order valence-corrected chi connectivity index (χ1v) is 7.98. The van der Waals surface area contributed by atoms with Crippen molar-refractivity contribution >= 4 is 17.4 Å². The van der Waals surface area contributed by atoms with Crippen LogP contribution in [0, 0.1) is 6.92 Å². The second-order valence-electron chi connectivity index (χ2n) is 6.26. The summed E-state index contributed by atoms with van der Waals surface area (Å²) in [7, 11) is 0. The molecule has 0 amide bonds. The van der Waals surface area contributed by atoms with Crippen LogP contribution in [0.2, 0.25) is 5.02 Å². The molecule has 1 nitrogen and oxygen atoms in total. The van der Waals surface area contributed by atoms with E-state index in [-0.39, 0.29) is 5.78 Å². The topological polar surface area (TPSA) is 17.1 Å². The SMILES string of the molecule is Cc1cc(-c2ccc(C3CC3)c(Cl)c2)cc2c1C(=O)CC2. The van der Waals surface area contributed by atoms with Gasteiger partial charge in [0.2, 0.25) is 0 Å². The number of halogens is 1. The van der Waals surface area contributed by atoms with E-state index in [9.17, 15) is 4.79 Å². The zero-order chi connectivity index (χ0) is 14.6. The Labute approximate surface area is 129 Å². The van der Waals surface area contributed by atoms with Crippen LogP contribution in [-0.2, 0) is 6.42 Å². The highest BCUT2D eigenvalue weighted by Gasteiger charge is 2.26. The molecular formula is C19H17ClO. The molecule has 0 atom stereocenters. The van der Waals surface area contributed by atoms with Gasteiger partial charge < -0.3 is 0 Å². The number of fused-ring (bicyclic) bond motifs is 1. The fourth-order valence-electron chi connectivity index (χ4n) is 3.43. The maximum Gasteiger partial charge on any atom is 0.163 e. The quantitative estimate of drug-likeness (QED) is 0.733. The van der Waals surface area contributed by atoms with Crippen molar-refractivity contribution in [2.75, 3.05) is 0 Å². The van der Waals surface area contributed by atoms with Gasteiger partial charge in [-0.2, -0.15) is 0 Å². The van der Waals surface area contributed by atoms with Crippen LogP contribution < -0.4 is 0 Å². The van der Waals surface area contributed by atoms with Crippen LogP contribution in [-0.4, -0.2) is 5.78 Å². The molecule has 2 aromatic carbocycles. The van der Waals surface area contributed by atoms with Crippen LogP contribution in [0.15, 0.2) is 30.3 Å². The zero-order valence-electron chi connectivity index (χ0n) is 12.1. The van der Waals surface area contributed by atoms with E-state index in [1.54, 1.807) is 0 Å². The summed E-state index contributed by atoms with van der Waals surface area (Å²) in [6.07, 6.45) is 4.05. The van der Waals surface area contributed by atoms with Crippen LogP contribution in [0.1, 0.15) is 52.2 Å². The molecule has 0 heterocycles. The van der Waals surface area contributed by atoms with E-state index in [2.05, 4.69) is 30.3 Å². The lowest BCUT2D eigenvalue weighted by molar-refractivity contribution is 0.0994. The van der Waals surface area contributed by atoms with Crippen molar-refractivity contribution in [3.63, 3.8) is 0 Å². The first-order valence-electron chi connectivity index (χ1n) is 7.60. The van der Waals surface area contributed by atoms with Gasteiger partial charge in [-0.3, -0.25) is 4.79 Å². The molecular weight excluding hydrogens is 280 g/mol. The smallest absolute Gasteiger partial charge is 0.163 e. The number of aryl methyl sites for hydroxylation is 2. The minimum atomic E-state index is 0.288. The van der Waals surface area contributed by atoms with Gasteiger partial charge in [-0.25, -0.2) is 0 Å². The minimum absolute atomic E-state index is 0.288. The van der Waals surface area contributed by atoms with E-state index in [4.69, 9.17) is 11.6 Å². The van der Waals surface area contributed by atoms with Crippen molar-refractivity contribution in [2.45, 2.75) is 38.5 Å². The Morgan fingerprint density at radius 3 is 2.57 bits per heavy atom. The molecule has 0 aromatic heterocycles. The predicted octanol–water partition coefficient (Wildman–Crippen LogP) is 5.32. The zero-order valence-corrected chi connectivity index (χ0v) is 12.8. The summed E-state index contributed by atoms with van der Waals surface area (Å²) in [5, 5.41) is 0.879. The highest BCUT2D eigenvalue weighted by Crippen LogP contribution is 2.44. The van der Waals surface area contributed by atoms with Crippen molar-refractivity contribution in [3.8, 4) is 11.1 Å². The molecule has 0 spiro atoms. The van der Waals surface area contributed by atoms with Gasteiger partial charge in [0.25, 0.3) is 0 Å². The molecule has 2 heteroatoms. The van der Waals surface area contributed by atoms with Crippen LogP contribution in [0.5, 0.6) is 0 Å². The fraction of sp³-hybridized carbons (Fsp3) is 0.316. The van der Waals surface area contributed by atoms with E-state index < -0.39 is 0 Å². The Morgan fingerprint density at radius 2 is 1.86 bits per heavy atom. The van der Waals surface area contributed by atoms with E-state index in [0.29, 0.717) is 12.3 Å². The third kappa shape index (κ3) is 2.20. The number of benzene rings is 2. The van der Waals surface area contributed by atoms with Gasteiger partial charge in [-0.15, -0.1) is 0 Å². The average Bonchev–Trinajstić information content (AvgIpc) is 3.22. The lowest BCUT2D eigenvalue weighted by Gasteiger charge is -2.10. The van der Waals surface area contributed by atoms with E-state index in [0.717, 1.165) is 28.1 Å². The molecule has 1 saturated carbocycles. The average molecular weight is 297 g/mol. The summed E-state index contributed by atoms with van der Waals surface area (Å²) in [5.74, 6) is 0.960. The number of ketones is 1.